The number of nitrogens with zero attached hydrogens (tertiary/aromatic N) is 2. The van der Waals surface area contributed by atoms with Gasteiger partial charge in [-0.25, -0.2) is 9.97 Å². The van der Waals surface area contributed by atoms with E-state index in [0.717, 1.165) is 22.6 Å². The standard InChI is InChI=1S/C16H17N3S/c1-9(2)16-18-13(10(3)15(17)19-16)12-6-4-5-11-7-8-20-14(11)12/h4-9H,1-3H3,(H2,17,18,19). The first-order valence-corrected chi connectivity index (χ1v) is 7.56. The highest BCUT2D eigenvalue weighted by Gasteiger charge is 2.15. The maximum Gasteiger partial charge on any atom is 0.133 e. The van der Waals surface area contributed by atoms with Crippen molar-refractivity contribution in [3.05, 3.63) is 41.0 Å². The summed E-state index contributed by atoms with van der Waals surface area (Å²) in [6.07, 6.45) is 0. The molecule has 0 aliphatic carbocycles. The van der Waals surface area contributed by atoms with E-state index in [1.807, 2.05) is 6.92 Å². The van der Waals surface area contributed by atoms with E-state index < -0.39 is 0 Å². The monoisotopic (exact) mass is 283 g/mol. The second-order valence-corrected chi connectivity index (χ2v) is 6.16. The quantitative estimate of drug-likeness (QED) is 0.759. The molecule has 20 heavy (non-hydrogen) atoms. The first-order chi connectivity index (χ1) is 9.58. The van der Waals surface area contributed by atoms with Crippen molar-refractivity contribution < 1.29 is 0 Å². The van der Waals surface area contributed by atoms with Gasteiger partial charge in [-0.3, -0.25) is 0 Å². The van der Waals surface area contributed by atoms with Crippen LogP contribution in [0.1, 0.15) is 31.2 Å². The molecule has 0 bridgehead atoms. The van der Waals surface area contributed by atoms with Crippen molar-refractivity contribution in [2.24, 2.45) is 0 Å². The van der Waals surface area contributed by atoms with Crippen LogP contribution in [0.4, 0.5) is 5.82 Å². The van der Waals surface area contributed by atoms with Crippen LogP contribution in [0.5, 0.6) is 0 Å². The highest BCUT2D eigenvalue weighted by molar-refractivity contribution is 7.17. The van der Waals surface area contributed by atoms with E-state index in [0.29, 0.717) is 5.82 Å². The molecule has 1 aromatic carbocycles. The van der Waals surface area contributed by atoms with E-state index in [-0.39, 0.29) is 5.92 Å². The lowest BCUT2D eigenvalue weighted by atomic mass is 10.0. The predicted molar refractivity (Wildman–Crippen MR) is 86.1 cm³/mol. The summed E-state index contributed by atoms with van der Waals surface area (Å²) in [4.78, 5) is 9.14. The Hall–Kier alpha value is -1.94. The number of hydrogen-bond acceptors (Lipinski definition) is 4. The van der Waals surface area contributed by atoms with Crippen LogP contribution >= 0.6 is 11.3 Å². The number of benzene rings is 1. The van der Waals surface area contributed by atoms with Gasteiger partial charge in [0.05, 0.1) is 5.69 Å². The summed E-state index contributed by atoms with van der Waals surface area (Å²) in [6, 6.07) is 8.43. The Balaban J connectivity index is 2.31. The van der Waals surface area contributed by atoms with Crippen molar-refractivity contribution in [3.63, 3.8) is 0 Å². The van der Waals surface area contributed by atoms with Gasteiger partial charge < -0.3 is 5.73 Å². The van der Waals surface area contributed by atoms with Crippen LogP contribution in [-0.2, 0) is 0 Å². The van der Waals surface area contributed by atoms with Gasteiger partial charge in [-0.1, -0.05) is 32.0 Å². The van der Waals surface area contributed by atoms with Crippen LogP contribution in [0.3, 0.4) is 0 Å². The lowest BCUT2D eigenvalue weighted by Gasteiger charge is -2.12. The Bertz CT molecular complexity index is 774. The normalized spacial score (nSPS) is 11.4. The van der Waals surface area contributed by atoms with E-state index in [9.17, 15) is 0 Å². The van der Waals surface area contributed by atoms with Gasteiger partial charge in [0.25, 0.3) is 0 Å². The van der Waals surface area contributed by atoms with Crippen molar-refractivity contribution in [2.75, 3.05) is 5.73 Å². The lowest BCUT2D eigenvalue weighted by molar-refractivity contribution is 0.776. The van der Waals surface area contributed by atoms with E-state index in [1.165, 1.54) is 10.1 Å². The fourth-order valence-electron chi connectivity index (χ4n) is 2.25. The van der Waals surface area contributed by atoms with Crippen molar-refractivity contribution in [2.45, 2.75) is 26.7 Å². The molecule has 0 radical (unpaired) electrons. The first kappa shape index (κ1) is 13.1. The average molecular weight is 283 g/mol. The van der Waals surface area contributed by atoms with Gasteiger partial charge in [-0.15, -0.1) is 11.3 Å². The number of hydrogen-bond donors (Lipinski definition) is 1. The second kappa shape index (κ2) is 4.87. The first-order valence-electron chi connectivity index (χ1n) is 6.68. The Kier molecular flexibility index (Phi) is 3.18. The number of thiophene rings is 1. The molecule has 0 fully saturated rings. The SMILES string of the molecule is Cc1c(N)nc(C(C)C)nc1-c1cccc2ccsc12. The summed E-state index contributed by atoms with van der Waals surface area (Å²) in [5.41, 5.74) is 9.12. The molecule has 3 aromatic rings. The molecule has 3 rings (SSSR count). The van der Waals surface area contributed by atoms with Crippen LogP contribution in [0.25, 0.3) is 21.3 Å². The topological polar surface area (TPSA) is 51.8 Å². The van der Waals surface area contributed by atoms with Gasteiger partial charge >= 0.3 is 0 Å². The third kappa shape index (κ3) is 2.06. The maximum absolute atomic E-state index is 6.07. The number of nitrogen functional groups attached to an aromatic ring is 1. The van der Waals surface area contributed by atoms with Gasteiger partial charge in [0.2, 0.25) is 0 Å². The fourth-order valence-corrected chi connectivity index (χ4v) is 3.17. The number of fused-ring (bicyclic) bond motifs is 1. The van der Waals surface area contributed by atoms with Crippen LogP contribution in [0.2, 0.25) is 0 Å². The molecule has 2 aromatic heterocycles. The van der Waals surface area contributed by atoms with E-state index >= 15 is 0 Å². The van der Waals surface area contributed by atoms with Gasteiger partial charge in [-0.05, 0) is 23.8 Å². The zero-order chi connectivity index (χ0) is 14.3. The summed E-state index contributed by atoms with van der Waals surface area (Å²) in [6.45, 7) is 6.15. The largest absolute Gasteiger partial charge is 0.383 e. The highest BCUT2D eigenvalue weighted by atomic mass is 32.1. The van der Waals surface area contributed by atoms with Crippen LogP contribution in [-0.4, -0.2) is 9.97 Å². The minimum Gasteiger partial charge on any atom is -0.383 e. The minimum absolute atomic E-state index is 0.263. The van der Waals surface area contributed by atoms with Gasteiger partial charge in [-0.2, -0.15) is 0 Å². The van der Waals surface area contributed by atoms with E-state index in [2.05, 4.69) is 48.5 Å². The molecule has 0 saturated heterocycles. The number of nitrogens with two attached hydrogens (primary N) is 1. The fraction of sp³-hybridized carbons (Fsp3) is 0.250. The molecule has 2 N–H and O–H groups in total. The molecule has 3 nitrogen and oxygen atoms in total. The maximum atomic E-state index is 6.07. The molecule has 2 heterocycles. The molecule has 0 atom stereocenters. The summed E-state index contributed by atoms with van der Waals surface area (Å²) >= 11 is 1.74. The third-order valence-corrected chi connectivity index (χ3v) is 4.41. The molecule has 0 aliphatic rings. The Morgan fingerprint density at radius 2 is 1.95 bits per heavy atom. The second-order valence-electron chi connectivity index (χ2n) is 5.24. The van der Waals surface area contributed by atoms with E-state index in [1.54, 1.807) is 11.3 Å². The van der Waals surface area contributed by atoms with Gasteiger partial charge in [0, 0.05) is 21.7 Å². The van der Waals surface area contributed by atoms with Crippen molar-refractivity contribution in [1.82, 2.24) is 9.97 Å². The molecule has 0 aliphatic heterocycles. The van der Waals surface area contributed by atoms with Crippen LogP contribution < -0.4 is 5.73 Å². The summed E-state index contributed by atoms with van der Waals surface area (Å²) in [5.74, 6) is 1.64. The number of rotatable bonds is 2. The molecule has 0 amide bonds. The molecule has 0 saturated carbocycles. The Morgan fingerprint density at radius 1 is 1.15 bits per heavy atom. The molecular formula is C16H17N3S. The molecule has 102 valence electrons. The van der Waals surface area contributed by atoms with E-state index in [4.69, 9.17) is 10.7 Å². The molecule has 0 spiro atoms. The van der Waals surface area contributed by atoms with Gasteiger partial charge in [0.1, 0.15) is 11.6 Å². The zero-order valence-electron chi connectivity index (χ0n) is 11.8. The van der Waals surface area contributed by atoms with Crippen LogP contribution in [0.15, 0.2) is 29.6 Å². The predicted octanol–water partition coefficient (Wildman–Crippen LogP) is 4.37. The van der Waals surface area contributed by atoms with Crippen LogP contribution in [0, 0.1) is 6.92 Å². The van der Waals surface area contributed by atoms with Crippen molar-refractivity contribution >= 4 is 27.2 Å². The minimum atomic E-state index is 0.263. The number of anilines is 1. The summed E-state index contributed by atoms with van der Waals surface area (Å²) < 4.78 is 1.25. The molecular weight excluding hydrogens is 266 g/mol. The smallest absolute Gasteiger partial charge is 0.133 e. The van der Waals surface area contributed by atoms with Crippen molar-refractivity contribution in [3.8, 4) is 11.3 Å². The van der Waals surface area contributed by atoms with Crippen molar-refractivity contribution in [1.29, 1.82) is 0 Å². The lowest BCUT2D eigenvalue weighted by Crippen LogP contribution is -2.06. The third-order valence-electron chi connectivity index (χ3n) is 3.45. The highest BCUT2D eigenvalue weighted by Crippen LogP contribution is 2.34. The number of aromatic nitrogens is 2. The molecule has 4 heteroatoms. The molecule has 0 unspecified atom stereocenters. The Labute approximate surface area is 122 Å². The summed E-state index contributed by atoms with van der Waals surface area (Å²) in [5, 5.41) is 3.35. The summed E-state index contributed by atoms with van der Waals surface area (Å²) in [7, 11) is 0. The van der Waals surface area contributed by atoms with Gasteiger partial charge in [0.15, 0.2) is 0 Å². The average Bonchev–Trinajstić information content (AvgIpc) is 2.89. The Morgan fingerprint density at radius 3 is 2.70 bits per heavy atom. The zero-order valence-corrected chi connectivity index (χ0v) is 12.7.